The van der Waals surface area contributed by atoms with Gasteiger partial charge in [0.2, 0.25) is 0 Å². The summed E-state index contributed by atoms with van der Waals surface area (Å²) in [6, 6.07) is 7.47. The van der Waals surface area contributed by atoms with Gasteiger partial charge in [0.05, 0.1) is 17.7 Å². The minimum atomic E-state index is -0.490. The molecule has 8 heteroatoms. The van der Waals surface area contributed by atoms with E-state index in [0.717, 1.165) is 42.6 Å². The molecular formula is C23H24N6O2. The zero-order valence-corrected chi connectivity index (χ0v) is 17.1. The number of hydrogen-bond donors (Lipinski definition) is 2. The molecular weight excluding hydrogens is 392 g/mol. The predicted molar refractivity (Wildman–Crippen MR) is 115 cm³/mol. The number of carbonyl (C=O) groups excluding carboxylic acids is 1. The first-order chi connectivity index (χ1) is 15.2. The van der Waals surface area contributed by atoms with E-state index in [9.17, 15) is 9.90 Å². The Morgan fingerprint density at radius 3 is 2.81 bits per heavy atom. The molecule has 0 bridgehead atoms. The Labute approximate surface area is 179 Å². The Balaban J connectivity index is 1.39. The maximum atomic E-state index is 13.1. The summed E-state index contributed by atoms with van der Waals surface area (Å²) < 4.78 is 3.58. The number of nitrogens with one attached hydrogen (secondary N) is 1. The Kier molecular flexibility index (Phi) is 5.21. The number of fused-ring (bicyclic) bond motifs is 1. The highest BCUT2D eigenvalue weighted by molar-refractivity contribution is 6.00. The molecule has 8 nitrogen and oxygen atoms in total. The van der Waals surface area contributed by atoms with E-state index in [0.29, 0.717) is 17.6 Å². The zero-order valence-electron chi connectivity index (χ0n) is 17.1. The number of pyridine rings is 2. The largest absolute Gasteiger partial charge is 0.391 e. The van der Waals surface area contributed by atoms with Crippen molar-refractivity contribution in [2.24, 2.45) is 0 Å². The van der Waals surface area contributed by atoms with E-state index in [2.05, 4.69) is 20.4 Å². The normalized spacial score (nSPS) is 18.9. The molecule has 5 rings (SSSR count). The molecule has 1 saturated carbocycles. The standard InChI is InChI=1S/C23H24N6O2/c30-20-5-2-1-4-19(20)27-23(31)18-13-17(15-28-11-9-24-22(18)28)12-16-6-7-21(25-14-16)29-10-3-8-26-29/h3,6-11,13-15,19-20,30H,1-2,4-5,12H2,(H,27,31)/t19-,20-/m0/s1. The van der Waals surface area contributed by atoms with Crippen LogP contribution in [-0.4, -0.2) is 47.3 Å². The van der Waals surface area contributed by atoms with Crippen molar-refractivity contribution in [1.29, 1.82) is 0 Å². The van der Waals surface area contributed by atoms with Crippen molar-refractivity contribution in [3.8, 4) is 5.82 Å². The van der Waals surface area contributed by atoms with Crippen LogP contribution in [0.3, 0.4) is 0 Å². The summed E-state index contributed by atoms with van der Waals surface area (Å²) in [5, 5.41) is 17.4. The average Bonchev–Trinajstić information content (AvgIpc) is 3.47. The predicted octanol–water partition coefficient (Wildman–Crippen LogP) is 2.54. The summed E-state index contributed by atoms with van der Waals surface area (Å²) in [4.78, 5) is 21.9. The van der Waals surface area contributed by atoms with Crippen molar-refractivity contribution < 1.29 is 9.90 Å². The summed E-state index contributed by atoms with van der Waals surface area (Å²) >= 11 is 0. The maximum absolute atomic E-state index is 13.1. The molecule has 0 spiro atoms. The highest BCUT2D eigenvalue weighted by atomic mass is 16.3. The highest BCUT2D eigenvalue weighted by Crippen LogP contribution is 2.21. The molecule has 0 saturated heterocycles. The Hall–Kier alpha value is -3.52. The number of amides is 1. The number of imidazole rings is 1. The van der Waals surface area contributed by atoms with Crippen molar-refractivity contribution in [3.63, 3.8) is 0 Å². The number of nitrogens with zero attached hydrogens (tertiary/aromatic N) is 5. The van der Waals surface area contributed by atoms with Gasteiger partial charge in [-0.15, -0.1) is 0 Å². The molecule has 0 aromatic carbocycles. The number of aliphatic hydroxyl groups excluding tert-OH is 1. The molecule has 1 aliphatic carbocycles. The van der Waals surface area contributed by atoms with E-state index < -0.39 is 6.10 Å². The fourth-order valence-electron chi connectivity index (χ4n) is 4.18. The second-order valence-corrected chi connectivity index (χ2v) is 8.00. The maximum Gasteiger partial charge on any atom is 0.255 e. The molecule has 0 unspecified atom stereocenters. The van der Waals surface area contributed by atoms with Gasteiger partial charge < -0.3 is 14.8 Å². The van der Waals surface area contributed by atoms with Crippen LogP contribution in [0.4, 0.5) is 0 Å². The number of aromatic nitrogens is 5. The lowest BCUT2D eigenvalue weighted by Crippen LogP contribution is -2.45. The van der Waals surface area contributed by atoms with Gasteiger partial charge in [0.15, 0.2) is 5.82 Å². The topological polar surface area (TPSA) is 97.3 Å². The van der Waals surface area contributed by atoms with Crippen LogP contribution in [0.25, 0.3) is 11.5 Å². The van der Waals surface area contributed by atoms with Crippen LogP contribution in [0.15, 0.2) is 61.4 Å². The number of rotatable bonds is 5. The SMILES string of the molecule is O=C(N[C@H]1CCCC[C@@H]1O)c1cc(Cc2ccc(-n3cccn3)nc2)cn2ccnc12. The van der Waals surface area contributed by atoms with Crippen LogP contribution in [0.1, 0.15) is 47.2 Å². The van der Waals surface area contributed by atoms with Crippen molar-refractivity contribution in [3.05, 3.63) is 78.1 Å². The second-order valence-electron chi connectivity index (χ2n) is 8.00. The van der Waals surface area contributed by atoms with Crippen molar-refractivity contribution in [2.75, 3.05) is 0 Å². The highest BCUT2D eigenvalue weighted by Gasteiger charge is 2.26. The summed E-state index contributed by atoms with van der Waals surface area (Å²) in [7, 11) is 0. The van der Waals surface area contributed by atoms with Gasteiger partial charge >= 0.3 is 0 Å². The number of carbonyl (C=O) groups is 1. The van der Waals surface area contributed by atoms with Gasteiger partial charge in [0.1, 0.15) is 5.65 Å². The van der Waals surface area contributed by atoms with E-state index in [1.807, 2.05) is 53.5 Å². The summed E-state index contributed by atoms with van der Waals surface area (Å²) in [5.41, 5.74) is 3.14. The molecule has 0 aliphatic heterocycles. The first kappa shape index (κ1) is 19.4. The van der Waals surface area contributed by atoms with Crippen LogP contribution in [0, 0.1) is 0 Å². The van der Waals surface area contributed by atoms with Gasteiger partial charge in [-0.25, -0.2) is 14.6 Å². The molecule has 1 fully saturated rings. The van der Waals surface area contributed by atoms with Gasteiger partial charge in [-0.1, -0.05) is 18.9 Å². The van der Waals surface area contributed by atoms with Crippen LogP contribution in [0.2, 0.25) is 0 Å². The zero-order chi connectivity index (χ0) is 21.2. The first-order valence-corrected chi connectivity index (χ1v) is 10.6. The smallest absolute Gasteiger partial charge is 0.255 e. The third-order valence-electron chi connectivity index (χ3n) is 5.79. The number of hydrogen-bond acceptors (Lipinski definition) is 5. The third-order valence-corrected chi connectivity index (χ3v) is 5.79. The summed E-state index contributed by atoms with van der Waals surface area (Å²) in [6.07, 6.45) is 14.6. The molecule has 158 valence electrons. The molecule has 2 N–H and O–H groups in total. The van der Waals surface area contributed by atoms with Crippen LogP contribution in [-0.2, 0) is 6.42 Å². The lowest BCUT2D eigenvalue weighted by atomic mass is 9.92. The van der Waals surface area contributed by atoms with E-state index >= 15 is 0 Å². The van der Waals surface area contributed by atoms with Crippen molar-refractivity contribution >= 4 is 11.6 Å². The van der Waals surface area contributed by atoms with Gasteiger partial charge in [-0.3, -0.25) is 4.79 Å². The monoisotopic (exact) mass is 416 g/mol. The molecule has 4 aromatic heterocycles. The van der Waals surface area contributed by atoms with Crippen molar-refractivity contribution in [1.82, 2.24) is 29.5 Å². The summed E-state index contributed by atoms with van der Waals surface area (Å²) in [5.74, 6) is 0.557. The van der Waals surface area contributed by atoms with Crippen molar-refractivity contribution in [2.45, 2.75) is 44.2 Å². The Morgan fingerprint density at radius 1 is 1.13 bits per heavy atom. The minimum absolute atomic E-state index is 0.198. The second kappa shape index (κ2) is 8.31. The van der Waals surface area contributed by atoms with Gasteiger partial charge in [0, 0.05) is 43.6 Å². The molecule has 4 aromatic rings. The molecule has 4 heterocycles. The summed E-state index contributed by atoms with van der Waals surface area (Å²) in [6.45, 7) is 0. The van der Waals surface area contributed by atoms with E-state index in [1.54, 1.807) is 17.1 Å². The molecule has 31 heavy (non-hydrogen) atoms. The fourth-order valence-corrected chi connectivity index (χ4v) is 4.18. The van der Waals surface area contributed by atoms with E-state index in [-0.39, 0.29) is 11.9 Å². The quantitative estimate of drug-likeness (QED) is 0.521. The first-order valence-electron chi connectivity index (χ1n) is 10.6. The van der Waals surface area contributed by atoms with Crippen LogP contribution in [0.5, 0.6) is 0 Å². The molecule has 2 atom stereocenters. The third kappa shape index (κ3) is 4.06. The van der Waals surface area contributed by atoms with Gasteiger partial charge in [-0.05, 0) is 42.2 Å². The minimum Gasteiger partial charge on any atom is -0.391 e. The number of aliphatic hydroxyl groups is 1. The Morgan fingerprint density at radius 2 is 2.03 bits per heavy atom. The molecule has 1 amide bonds. The fraction of sp³-hybridized carbons (Fsp3) is 0.304. The van der Waals surface area contributed by atoms with Crippen LogP contribution >= 0.6 is 0 Å². The lowest BCUT2D eigenvalue weighted by Gasteiger charge is -2.28. The van der Waals surface area contributed by atoms with Gasteiger partial charge in [0.25, 0.3) is 5.91 Å². The average molecular weight is 416 g/mol. The van der Waals surface area contributed by atoms with Gasteiger partial charge in [-0.2, -0.15) is 5.10 Å². The van der Waals surface area contributed by atoms with E-state index in [1.165, 1.54) is 0 Å². The lowest BCUT2D eigenvalue weighted by molar-refractivity contribution is 0.0718. The Bertz CT molecular complexity index is 1180. The molecule has 1 aliphatic rings. The molecule has 0 radical (unpaired) electrons. The van der Waals surface area contributed by atoms with Crippen LogP contribution < -0.4 is 5.32 Å². The van der Waals surface area contributed by atoms with E-state index in [4.69, 9.17) is 0 Å².